The van der Waals surface area contributed by atoms with E-state index in [2.05, 4.69) is 281 Å². The van der Waals surface area contributed by atoms with Crippen molar-refractivity contribution in [1.29, 1.82) is 0 Å². The molecular weight excluding hydrogens is 1320 g/mol. The molecule has 0 unspecified atom stereocenters. The van der Waals surface area contributed by atoms with Gasteiger partial charge in [-0.3, -0.25) is 0 Å². The summed E-state index contributed by atoms with van der Waals surface area (Å²) in [5.41, 5.74) is 25.4. The van der Waals surface area contributed by atoms with E-state index in [1.54, 1.807) is 12.1 Å². The van der Waals surface area contributed by atoms with Crippen molar-refractivity contribution in [3.63, 3.8) is 0 Å². The first-order valence-corrected chi connectivity index (χ1v) is 35.9. The molecule has 0 bridgehead atoms. The topological polar surface area (TPSA) is 65.2 Å². The Balaban J connectivity index is 0.000000129. The third-order valence-electron chi connectivity index (χ3n) is 20.2. The van der Waals surface area contributed by atoms with Crippen molar-refractivity contribution >= 4 is 93.7 Å². The van der Waals surface area contributed by atoms with Gasteiger partial charge in [0.05, 0.1) is 69.5 Å². The van der Waals surface area contributed by atoms with E-state index in [0.717, 1.165) is 139 Å². The van der Waals surface area contributed by atoms with E-state index in [0.29, 0.717) is 28.0 Å². The molecule has 0 aliphatic heterocycles. The van der Waals surface area contributed by atoms with Crippen LogP contribution in [0.2, 0.25) is 5.02 Å². The van der Waals surface area contributed by atoms with Crippen molar-refractivity contribution in [2.24, 2.45) is 0 Å². The highest BCUT2D eigenvalue weighted by atomic mass is 35.5. The van der Waals surface area contributed by atoms with Gasteiger partial charge in [-0.2, -0.15) is 0 Å². The van der Waals surface area contributed by atoms with Crippen molar-refractivity contribution in [2.45, 2.75) is 6.42 Å². The van der Waals surface area contributed by atoms with Crippen molar-refractivity contribution in [3.8, 4) is 95.5 Å². The van der Waals surface area contributed by atoms with E-state index in [4.69, 9.17) is 44.7 Å². The number of hydrogen-bond acceptors (Lipinski definition) is 4. The van der Waals surface area contributed by atoms with E-state index in [1.807, 2.05) is 84.9 Å². The minimum absolute atomic E-state index is 0.383. The van der Waals surface area contributed by atoms with Crippen molar-refractivity contribution in [1.82, 2.24) is 24.5 Å². The zero-order valence-corrected chi connectivity index (χ0v) is 58.5. The van der Waals surface area contributed by atoms with E-state index >= 15 is 0 Å². The van der Waals surface area contributed by atoms with Crippen LogP contribution in [-0.4, -0.2) is 24.5 Å². The summed E-state index contributed by atoms with van der Waals surface area (Å²) in [6.07, 6.45) is 10.5. The molecule has 2 aliphatic rings. The molecule has 0 saturated carbocycles. The standard InChI is InChI=1S/C49H30N4.C33H20ClN3.C17H11/c1-50-44-28-37(25-26-46(44)53-45-24-14-13-23-38(45)41-27-35-21-11-12-22-36(35)29-47(41)53)49-51-43-31-40(33-17-7-3-8-18-33)39(32-15-5-2-6-16-32)30-42(43)48(52-49)34-19-9-4-10-20-34;1-35-31-19-25(17-18-29(31)34)33-36-30-21-27(23-13-7-3-8-14-23)26(22-11-5-2-6-12-22)20-28(30)32(37-33)24-15-9-4-10-16-24;1-2-6-13-11-17-15(9-12(13)5-1)10-14-7-3-4-8-16(14)17/h2-31H;2-21H;1-2,4-9,11H,10H2/q;;+1. The van der Waals surface area contributed by atoms with Crippen LogP contribution < -0.4 is 0 Å². The third-order valence-corrected chi connectivity index (χ3v) is 20.5. The largest absolute Gasteiger partial charge is 0.319 e. The molecule has 0 saturated heterocycles. The smallest absolute Gasteiger partial charge is 0.211 e. The molecule has 0 N–H and O–H groups in total. The molecule has 0 fully saturated rings. The van der Waals surface area contributed by atoms with Crippen LogP contribution in [0.5, 0.6) is 0 Å². The highest BCUT2D eigenvalue weighted by Gasteiger charge is 2.27. The normalized spacial score (nSPS) is 11.9. The summed E-state index contributed by atoms with van der Waals surface area (Å²) < 4.78 is 2.22. The summed E-state index contributed by atoms with van der Waals surface area (Å²) in [6, 6.07) is 117. The molecule has 8 heteroatoms. The molecule has 3 aromatic heterocycles. The highest BCUT2D eigenvalue weighted by Crippen LogP contribution is 2.45. The number of fused-ring (bicyclic) bond motifs is 9. The Hall–Kier alpha value is -14.3. The molecule has 15 aromatic carbocycles. The number of para-hydroxylation sites is 1. The van der Waals surface area contributed by atoms with E-state index in [-0.39, 0.29) is 0 Å². The van der Waals surface area contributed by atoms with E-state index in [9.17, 15) is 0 Å². The molecule has 2 aliphatic carbocycles. The maximum Gasteiger partial charge on any atom is 0.211 e. The van der Waals surface area contributed by atoms with Gasteiger partial charge in [0.25, 0.3) is 0 Å². The first-order valence-electron chi connectivity index (χ1n) is 35.5. The molecular formula is C99H61ClN7+. The Morgan fingerprint density at radius 3 is 1.28 bits per heavy atom. The van der Waals surface area contributed by atoms with Gasteiger partial charge in [-0.05, 0) is 144 Å². The maximum absolute atomic E-state index is 8.40. The predicted octanol–water partition coefficient (Wildman–Crippen LogP) is 26.7. The minimum atomic E-state index is 0.383. The van der Waals surface area contributed by atoms with Gasteiger partial charge < -0.3 is 4.57 Å². The van der Waals surface area contributed by atoms with Crippen LogP contribution in [0.4, 0.5) is 11.4 Å². The Bertz CT molecular complexity index is 6710. The first-order chi connectivity index (χ1) is 52.9. The van der Waals surface area contributed by atoms with Gasteiger partial charge in [0.15, 0.2) is 11.6 Å². The van der Waals surface area contributed by atoms with Crippen LogP contribution in [0.25, 0.3) is 176 Å². The first kappa shape index (κ1) is 64.8. The van der Waals surface area contributed by atoms with Crippen molar-refractivity contribution < 1.29 is 0 Å². The lowest BCUT2D eigenvalue weighted by Gasteiger charge is -2.16. The SMILES string of the molecule is [C+]1=CC2=C(C=C1)c1cc3ccccc3cc1C2.[C-]#[N+]c1cc(-c2nc(-c3ccccc3)c3cc(-c4ccccc4)c(-c4ccccc4)cc3n2)ccc1-n1c2ccccc2c2cc3ccccc3cc21.[C-]#[N+]c1cc(-c2nc(-c3ccccc3)c3cc(-c4ccccc4)c(-c4ccccc4)cc3n2)ccc1Cl. The number of hydrogen-bond donors (Lipinski definition) is 0. The van der Waals surface area contributed by atoms with Crippen LogP contribution in [0.15, 0.2) is 364 Å². The average molecular weight is 1380 g/mol. The molecule has 498 valence electrons. The van der Waals surface area contributed by atoms with Gasteiger partial charge in [-0.15, -0.1) is 0 Å². The van der Waals surface area contributed by atoms with E-state index in [1.165, 1.54) is 38.4 Å². The summed E-state index contributed by atoms with van der Waals surface area (Å²) in [7, 11) is 0. The summed E-state index contributed by atoms with van der Waals surface area (Å²) in [5.74, 6) is 1.13. The second-order valence-electron chi connectivity index (χ2n) is 26.6. The van der Waals surface area contributed by atoms with Gasteiger partial charge in [0.2, 0.25) is 11.4 Å². The molecule has 18 aromatic rings. The Morgan fingerprint density at radius 1 is 0.336 bits per heavy atom. The van der Waals surface area contributed by atoms with Crippen LogP contribution in [-0.2, 0) is 6.42 Å². The fourth-order valence-corrected chi connectivity index (χ4v) is 15.2. The fourth-order valence-electron chi connectivity index (χ4n) is 15.0. The lowest BCUT2D eigenvalue weighted by molar-refractivity contribution is 1.18. The van der Waals surface area contributed by atoms with E-state index < -0.39 is 0 Å². The van der Waals surface area contributed by atoms with Crippen LogP contribution >= 0.6 is 11.6 Å². The van der Waals surface area contributed by atoms with Gasteiger partial charge in [-0.25, -0.2) is 29.6 Å². The maximum atomic E-state index is 8.40. The summed E-state index contributed by atoms with van der Waals surface area (Å²) >= 11 is 6.22. The van der Waals surface area contributed by atoms with Crippen LogP contribution in [0.3, 0.4) is 0 Å². The zero-order valence-electron chi connectivity index (χ0n) is 57.8. The summed E-state index contributed by atoms with van der Waals surface area (Å²) in [6.45, 7) is 15.9. The monoisotopic (exact) mass is 1380 g/mol. The average Bonchev–Trinajstić information content (AvgIpc) is 1.61. The van der Waals surface area contributed by atoms with Crippen molar-refractivity contribution in [3.05, 3.63) is 409 Å². The van der Waals surface area contributed by atoms with Gasteiger partial charge in [0.1, 0.15) is 12.2 Å². The fraction of sp³-hybridized carbons (Fsp3) is 0.0101. The zero-order chi connectivity index (χ0) is 71.7. The van der Waals surface area contributed by atoms with Gasteiger partial charge >= 0.3 is 0 Å². The summed E-state index contributed by atoms with van der Waals surface area (Å²) in [5, 5.41) is 9.69. The molecule has 3 heterocycles. The Labute approximate surface area is 624 Å². The minimum Gasteiger partial charge on any atom is -0.319 e. The third kappa shape index (κ3) is 12.4. The number of halogens is 1. The molecule has 0 amide bonds. The second-order valence-corrected chi connectivity index (χ2v) is 27.0. The summed E-state index contributed by atoms with van der Waals surface area (Å²) in [4.78, 5) is 28.2. The lowest BCUT2D eigenvalue weighted by atomic mass is 9.91. The Kier molecular flexibility index (Phi) is 17.0. The molecule has 7 nitrogen and oxygen atoms in total. The Morgan fingerprint density at radius 2 is 0.766 bits per heavy atom. The number of benzene rings is 15. The van der Waals surface area contributed by atoms with Crippen LogP contribution in [0.1, 0.15) is 11.1 Å². The van der Waals surface area contributed by atoms with Gasteiger partial charge in [-0.1, -0.05) is 279 Å². The quantitative estimate of drug-likeness (QED) is 0.135. The molecule has 107 heavy (non-hydrogen) atoms. The number of rotatable bonds is 9. The molecule has 0 radical (unpaired) electrons. The molecule has 0 spiro atoms. The molecule has 20 rings (SSSR count). The molecule has 0 atom stereocenters. The van der Waals surface area contributed by atoms with Crippen molar-refractivity contribution in [2.75, 3.05) is 0 Å². The lowest BCUT2D eigenvalue weighted by Crippen LogP contribution is -1.98. The second kappa shape index (κ2) is 28.2. The number of aromatic nitrogens is 5. The van der Waals surface area contributed by atoms with Gasteiger partial charge in [0, 0.05) is 66.9 Å². The highest BCUT2D eigenvalue weighted by molar-refractivity contribution is 6.33. The number of allylic oxidation sites excluding steroid dienone is 6. The predicted molar refractivity (Wildman–Crippen MR) is 443 cm³/mol. The number of nitrogens with zero attached hydrogens (tertiary/aromatic N) is 7. The van der Waals surface area contributed by atoms with Crippen LogP contribution in [0, 0.1) is 19.2 Å².